The number of nitrogens with zero attached hydrogens (tertiary/aromatic N) is 1. The van der Waals surface area contributed by atoms with Gasteiger partial charge in [-0.3, -0.25) is 4.79 Å². The molecule has 1 aliphatic carbocycles. The number of hydrogen-bond acceptors (Lipinski definition) is 2. The number of aliphatic carboxylic acids is 1. The molecule has 0 aromatic carbocycles. The minimum Gasteiger partial charge on any atom is -0.480 e. The normalized spacial score (nSPS) is 30.3. The van der Waals surface area contributed by atoms with Crippen LogP contribution >= 0.6 is 0 Å². The number of hydrogen-bond donors (Lipinski definition) is 1. The van der Waals surface area contributed by atoms with Crippen molar-refractivity contribution in [1.82, 2.24) is 4.90 Å². The molecule has 2 aliphatic rings. The second kappa shape index (κ2) is 5.51. The number of piperidine rings is 1. The van der Waals surface area contributed by atoms with Crippen molar-refractivity contribution in [3.8, 4) is 0 Å². The van der Waals surface area contributed by atoms with E-state index < -0.39 is 12.0 Å². The van der Waals surface area contributed by atoms with Gasteiger partial charge in [0.1, 0.15) is 6.04 Å². The molecule has 4 heteroatoms. The maximum atomic E-state index is 12.8. The Kier molecular flexibility index (Phi) is 4.16. The van der Waals surface area contributed by atoms with E-state index in [1.807, 2.05) is 0 Å². The van der Waals surface area contributed by atoms with Gasteiger partial charge in [0, 0.05) is 12.0 Å². The van der Waals surface area contributed by atoms with E-state index in [-0.39, 0.29) is 11.3 Å². The molecule has 4 nitrogen and oxygen atoms in total. The number of carbonyl (C=O) groups is 2. The van der Waals surface area contributed by atoms with Crippen molar-refractivity contribution < 1.29 is 14.7 Å². The quantitative estimate of drug-likeness (QED) is 0.855. The van der Waals surface area contributed by atoms with E-state index in [0.29, 0.717) is 18.9 Å². The fourth-order valence-electron chi connectivity index (χ4n) is 3.69. The van der Waals surface area contributed by atoms with Crippen LogP contribution in [0.5, 0.6) is 0 Å². The molecule has 1 amide bonds. The van der Waals surface area contributed by atoms with Crippen molar-refractivity contribution in [3.05, 3.63) is 0 Å². The molecule has 2 atom stereocenters. The molecule has 2 unspecified atom stereocenters. The van der Waals surface area contributed by atoms with Gasteiger partial charge in [-0.25, -0.2) is 4.79 Å². The minimum atomic E-state index is -0.843. The topological polar surface area (TPSA) is 57.6 Å². The average Bonchev–Trinajstić information content (AvgIpc) is 2.87. The van der Waals surface area contributed by atoms with Crippen molar-refractivity contribution in [1.29, 1.82) is 0 Å². The smallest absolute Gasteiger partial charge is 0.326 e. The second-order valence-corrected chi connectivity index (χ2v) is 6.32. The largest absolute Gasteiger partial charge is 0.480 e. The zero-order chi connectivity index (χ0) is 14.0. The third-order valence-electron chi connectivity index (χ3n) is 5.10. The first-order valence-electron chi connectivity index (χ1n) is 7.54. The Bertz CT molecular complexity index is 360. The highest BCUT2D eigenvalue weighted by Crippen LogP contribution is 2.43. The molecule has 0 aromatic rings. The number of carbonyl (C=O) groups excluding carboxylic acids is 1. The Hall–Kier alpha value is -1.06. The van der Waals surface area contributed by atoms with Crippen molar-refractivity contribution in [2.75, 3.05) is 6.54 Å². The first kappa shape index (κ1) is 14.4. The van der Waals surface area contributed by atoms with Crippen LogP contribution in [0.1, 0.15) is 58.8 Å². The molecule has 0 aromatic heterocycles. The van der Waals surface area contributed by atoms with E-state index in [4.69, 9.17) is 0 Å². The Morgan fingerprint density at radius 2 is 1.95 bits per heavy atom. The number of carboxylic acids is 1. The molecule has 108 valence electrons. The molecule has 0 radical (unpaired) electrons. The Labute approximate surface area is 115 Å². The SMILES string of the molecule is CCC1(C(=O)N2CCC(C)CC2C(=O)O)CCCC1. The molecule has 0 bridgehead atoms. The Balaban J connectivity index is 2.18. The molecule has 1 aliphatic heterocycles. The predicted molar refractivity (Wildman–Crippen MR) is 72.7 cm³/mol. The molecule has 1 heterocycles. The molecular weight excluding hydrogens is 242 g/mol. The van der Waals surface area contributed by atoms with Gasteiger partial charge in [-0.2, -0.15) is 0 Å². The van der Waals surface area contributed by atoms with Gasteiger partial charge < -0.3 is 10.0 Å². The summed E-state index contributed by atoms with van der Waals surface area (Å²) in [6, 6.07) is -0.611. The maximum Gasteiger partial charge on any atom is 0.326 e. The lowest BCUT2D eigenvalue weighted by Gasteiger charge is -2.41. The van der Waals surface area contributed by atoms with E-state index in [9.17, 15) is 14.7 Å². The number of carboxylic acid groups (broad SMARTS) is 1. The minimum absolute atomic E-state index is 0.104. The summed E-state index contributed by atoms with van der Waals surface area (Å²) in [6.07, 6.45) is 6.42. The molecule has 0 spiro atoms. The monoisotopic (exact) mass is 267 g/mol. The summed E-state index contributed by atoms with van der Waals surface area (Å²) < 4.78 is 0. The zero-order valence-corrected chi connectivity index (χ0v) is 12.0. The zero-order valence-electron chi connectivity index (χ0n) is 12.0. The highest BCUT2D eigenvalue weighted by molar-refractivity contribution is 5.88. The summed E-state index contributed by atoms with van der Waals surface area (Å²) in [4.78, 5) is 25.9. The summed E-state index contributed by atoms with van der Waals surface area (Å²) in [7, 11) is 0. The van der Waals surface area contributed by atoms with Gasteiger partial charge in [-0.15, -0.1) is 0 Å². The maximum absolute atomic E-state index is 12.8. The Morgan fingerprint density at radius 3 is 2.47 bits per heavy atom. The summed E-state index contributed by atoms with van der Waals surface area (Å²) in [6.45, 7) is 4.74. The lowest BCUT2D eigenvalue weighted by Crippen LogP contribution is -2.54. The molecule has 19 heavy (non-hydrogen) atoms. The van der Waals surface area contributed by atoms with Crippen LogP contribution in [0, 0.1) is 11.3 Å². The fraction of sp³-hybridized carbons (Fsp3) is 0.867. The van der Waals surface area contributed by atoms with Gasteiger partial charge in [0.2, 0.25) is 5.91 Å². The third-order valence-corrected chi connectivity index (χ3v) is 5.10. The van der Waals surface area contributed by atoms with E-state index in [1.165, 1.54) is 0 Å². The molecule has 1 N–H and O–H groups in total. The van der Waals surface area contributed by atoms with Gasteiger partial charge in [0.05, 0.1) is 0 Å². The second-order valence-electron chi connectivity index (χ2n) is 6.32. The predicted octanol–water partition coefficient (Wildman–Crippen LogP) is 2.67. The highest BCUT2D eigenvalue weighted by atomic mass is 16.4. The highest BCUT2D eigenvalue weighted by Gasteiger charge is 2.46. The van der Waals surface area contributed by atoms with Crippen molar-refractivity contribution in [2.24, 2.45) is 11.3 Å². The van der Waals surface area contributed by atoms with Crippen LogP contribution in [0.25, 0.3) is 0 Å². The molecule has 2 rings (SSSR count). The van der Waals surface area contributed by atoms with Gasteiger partial charge >= 0.3 is 5.97 Å². The summed E-state index contributed by atoms with van der Waals surface area (Å²) >= 11 is 0. The van der Waals surface area contributed by atoms with E-state index in [0.717, 1.165) is 38.5 Å². The van der Waals surface area contributed by atoms with Crippen molar-refractivity contribution >= 4 is 11.9 Å². The fourth-order valence-corrected chi connectivity index (χ4v) is 3.69. The van der Waals surface area contributed by atoms with Crippen LogP contribution in [-0.2, 0) is 9.59 Å². The average molecular weight is 267 g/mol. The van der Waals surface area contributed by atoms with E-state index >= 15 is 0 Å². The van der Waals surface area contributed by atoms with Crippen molar-refractivity contribution in [2.45, 2.75) is 64.8 Å². The van der Waals surface area contributed by atoms with Crippen LogP contribution in [0.2, 0.25) is 0 Å². The Morgan fingerprint density at radius 1 is 1.32 bits per heavy atom. The van der Waals surface area contributed by atoms with Crippen LogP contribution in [-0.4, -0.2) is 34.5 Å². The third kappa shape index (κ3) is 2.63. The van der Waals surface area contributed by atoms with Crippen LogP contribution in [0.4, 0.5) is 0 Å². The van der Waals surface area contributed by atoms with Crippen LogP contribution < -0.4 is 0 Å². The standard InChI is InChI=1S/C15H25NO3/c1-3-15(7-4-5-8-15)14(19)16-9-6-11(2)10-12(16)13(17)18/h11-12H,3-10H2,1-2H3,(H,17,18). The lowest BCUT2D eigenvalue weighted by atomic mass is 9.80. The summed E-state index contributed by atoms with van der Waals surface area (Å²) in [5.41, 5.74) is -0.270. The van der Waals surface area contributed by atoms with Crippen LogP contribution in [0.3, 0.4) is 0 Å². The van der Waals surface area contributed by atoms with Gasteiger partial charge in [-0.1, -0.05) is 26.7 Å². The van der Waals surface area contributed by atoms with Crippen LogP contribution in [0.15, 0.2) is 0 Å². The number of rotatable bonds is 3. The van der Waals surface area contributed by atoms with Crippen molar-refractivity contribution in [3.63, 3.8) is 0 Å². The number of likely N-dealkylation sites (tertiary alicyclic amines) is 1. The molecular formula is C15H25NO3. The van der Waals surface area contributed by atoms with Gasteiger partial charge in [0.15, 0.2) is 0 Å². The molecule has 1 saturated carbocycles. The van der Waals surface area contributed by atoms with Gasteiger partial charge in [-0.05, 0) is 38.0 Å². The first-order chi connectivity index (χ1) is 9.00. The number of amides is 1. The van der Waals surface area contributed by atoms with E-state index in [1.54, 1.807) is 4.90 Å². The van der Waals surface area contributed by atoms with E-state index in [2.05, 4.69) is 13.8 Å². The molecule has 1 saturated heterocycles. The van der Waals surface area contributed by atoms with Gasteiger partial charge in [0.25, 0.3) is 0 Å². The first-order valence-corrected chi connectivity index (χ1v) is 7.54. The molecule has 2 fully saturated rings. The lowest BCUT2D eigenvalue weighted by molar-refractivity contribution is -0.158. The summed E-state index contributed by atoms with van der Waals surface area (Å²) in [5, 5.41) is 9.38. The summed E-state index contributed by atoms with van der Waals surface area (Å²) in [5.74, 6) is -0.345.